The minimum atomic E-state index is 0.706. The number of fused-ring (bicyclic) bond motifs is 1. The van der Waals surface area contributed by atoms with Crippen LogP contribution in [-0.4, -0.2) is 64.1 Å². The maximum Gasteiger partial charge on any atom is 0.0700 e. The third-order valence-electron chi connectivity index (χ3n) is 3.87. The molecule has 4 nitrogen and oxygen atoms in total. The molecule has 2 rings (SSSR count). The minimum absolute atomic E-state index is 0.706. The largest absolute Gasteiger partial charge is 0.382 e. The molecule has 2 heterocycles. The van der Waals surface area contributed by atoms with Crippen LogP contribution in [0.2, 0.25) is 0 Å². The highest BCUT2D eigenvalue weighted by Gasteiger charge is 2.33. The van der Waals surface area contributed by atoms with E-state index in [1.807, 2.05) is 0 Å². The number of likely N-dealkylation sites (tertiary alicyclic amines) is 1. The molecule has 0 aromatic carbocycles. The second-order valence-electron chi connectivity index (χ2n) is 5.18. The zero-order valence-electron chi connectivity index (χ0n) is 11.0. The summed E-state index contributed by atoms with van der Waals surface area (Å²) in [6, 6.07) is 0.762. The Morgan fingerprint density at radius 1 is 1.24 bits per heavy atom. The smallest absolute Gasteiger partial charge is 0.0700 e. The fourth-order valence-electron chi connectivity index (χ4n) is 2.95. The van der Waals surface area contributed by atoms with E-state index in [2.05, 4.69) is 10.2 Å². The molecule has 0 aliphatic carbocycles. The van der Waals surface area contributed by atoms with Crippen LogP contribution in [-0.2, 0) is 9.47 Å². The van der Waals surface area contributed by atoms with Crippen molar-refractivity contribution in [2.45, 2.75) is 25.3 Å². The Morgan fingerprint density at radius 2 is 2.18 bits per heavy atom. The van der Waals surface area contributed by atoms with Crippen LogP contribution in [0.3, 0.4) is 0 Å². The molecule has 2 fully saturated rings. The molecule has 17 heavy (non-hydrogen) atoms. The van der Waals surface area contributed by atoms with Gasteiger partial charge in [0.15, 0.2) is 0 Å². The van der Waals surface area contributed by atoms with Gasteiger partial charge in [0.05, 0.1) is 13.2 Å². The van der Waals surface area contributed by atoms with Crippen LogP contribution in [0.5, 0.6) is 0 Å². The summed E-state index contributed by atoms with van der Waals surface area (Å²) in [4.78, 5) is 2.59. The molecule has 1 N–H and O–H groups in total. The lowest BCUT2D eigenvalue weighted by atomic mass is 9.94. The van der Waals surface area contributed by atoms with Gasteiger partial charge in [-0.1, -0.05) is 0 Å². The predicted molar refractivity (Wildman–Crippen MR) is 68.3 cm³/mol. The summed E-state index contributed by atoms with van der Waals surface area (Å²) in [5.41, 5.74) is 0. The maximum absolute atomic E-state index is 5.49. The van der Waals surface area contributed by atoms with E-state index in [0.717, 1.165) is 31.6 Å². The van der Waals surface area contributed by atoms with Gasteiger partial charge in [-0.05, 0) is 31.7 Å². The van der Waals surface area contributed by atoms with E-state index in [1.54, 1.807) is 7.11 Å². The van der Waals surface area contributed by atoms with Crippen molar-refractivity contribution in [3.8, 4) is 0 Å². The first-order valence-corrected chi connectivity index (χ1v) is 6.92. The molecule has 4 heteroatoms. The van der Waals surface area contributed by atoms with Gasteiger partial charge < -0.3 is 19.7 Å². The van der Waals surface area contributed by atoms with Gasteiger partial charge in [-0.3, -0.25) is 0 Å². The van der Waals surface area contributed by atoms with E-state index < -0.39 is 0 Å². The highest BCUT2D eigenvalue weighted by molar-refractivity contribution is 4.91. The van der Waals surface area contributed by atoms with Gasteiger partial charge >= 0.3 is 0 Å². The van der Waals surface area contributed by atoms with Crippen molar-refractivity contribution in [3.05, 3.63) is 0 Å². The van der Waals surface area contributed by atoms with Gasteiger partial charge in [0, 0.05) is 39.4 Å². The van der Waals surface area contributed by atoms with E-state index >= 15 is 0 Å². The Kier molecular flexibility index (Phi) is 5.71. The van der Waals surface area contributed by atoms with Gasteiger partial charge in [0.2, 0.25) is 0 Å². The average molecular weight is 242 g/mol. The van der Waals surface area contributed by atoms with Crippen molar-refractivity contribution >= 4 is 0 Å². The van der Waals surface area contributed by atoms with Crippen LogP contribution < -0.4 is 5.32 Å². The number of hydrogen-bond acceptors (Lipinski definition) is 4. The van der Waals surface area contributed by atoms with E-state index in [9.17, 15) is 0 Å². The van der Waals surface area contributed by atoms with Crippen LogP contribution in [0.1, 0.15) is 19.3 Å². The van der Waals surface area contributed by atoms with E-state index in [4.69, 9.17) is 9.47 Å². The summed E-state index contributed by atoms with van der Waals surface area (Å²) >= 11 is 0. The number of nitrogens with zero attached hydrogens (tertiary/aromatic N) is 1. The number of ether oxygens (including phenoxy) is 2. The van der Waals surface area contributed by atoms with E-state index in [1.165, 1.54) is 39.0 Å². The molecule has 0 aromatic rings. The SMILES string of the molecule is COCCOCCCN1CC2CCCNC2C1. The van der Waals surface area contributed by atoms with Crippen molar-refractivity contribution in [2.24, 2.45) is 5.92 Å². The third kappa shape index (κ3) is 4.21. The molecule has 0 radical (unpaired) electrons. The Bertz CT molecular complexity index is 200. The molecule has 0 bridgehead atoms. The fourth-order valence-corrected chi connectivity index (χ4v) is 2.95. The summed E-state index contributed by atoms with van der Waals surface area (Å²) in [6.45, 7) is 7.22. The monoisotopic (exact) mass is 242 g/mol. The van der Waals surface area contributed by atoms with Gasteiger partial charge in [0.1, 0.15) is 0 Å². The van der Waals surface area contributed by atoms with E-state index in [0.29, 0.717) is 6.61 Å². The standard InChI is InChI=1S/C13H26N2O2/c1-16-8-9-17-7-3-6-15-10-12-4-2-5-14-13(12)11-15/h12-14H,2-11H2,1H3. The lowest BCUT2D eigenvalue weighted by Gasteiger charge is -2.24. The van der Waals surface area contributed by atoms with Gasteiger partial charge in [-0.15, -0.1) is 0 Å². The highest BCUT2D eigenvalue weighted by atomic mass is 16.5. The van der Waals surface area contributed by atoms with Gasteiger partial charge in [-0.2, -0.15) is 0 Å². The van der Waals surface area contributed by atoms with Crippen molar-refractivity contribution in [1.29, 1.82) is 0 Å². The van der Waals surface area contributed by atoms with Crippen LogP contribution in [0.15, 0.2) is 0 Å². The molecule has 0 aromatic heterocycles. The average Bonchev–Trinajstić information content (AvgIpc) is 2.76. The Morgan fingerprint density at radius 3 is 3.00 bits per heavy atom. The Balaban J connectivity index is 1.52. The molecule has 0 amide bonds. The molecule has 2 aliphatic heterocycles. The molecule has 0 spiro atoms. The van der Waals surface area contributed by atoms with Crippen LogP contribution in [0.4, 0.5) is 0 Å². The van der Waals surface area contributed by atoms with Gasteiger partial charge in [0.25, 0.3) is 0 Å². The second kappa shape index (κ2) is 7.31. The number of methoxy groups -OCH3 is 1. The topological polar surface area (TPSA) is 33.7 Å². The van der Waals surface area contributed by atoms with E-state index in [-0.39, 0.29) is 0 Å². The first kappa shape index (κ1) is 13.3. The van der Waals surface area contributed by atoms with Crippen molar-refractivity contribution in [1.82, 2.24) is 10.2 Å². The van der Waals surface area contributed by atoms with Crippen molar-refractivity contribution < 1.29 is 9.47 Å². The molecule has 2 unspecified atom stereocenters. The lowest BCUT2D eigenvalue weighted by molar-refractivity contribution is 0.0660. The number of rotatable bonds is 7. The second-order valence-corrected chi connectivity index (χ2v) is 5.18. The first-order valence-electron chi connectivity index (χ1n) is 6.92. The zero-order chi connectivity index (χ0) is 11.9. The lowest BCUT2D eigenvalue weighted by Crippen LogP contribution is -2.40. The van der Waals surface area contributed by atoms with Crippen LogP contribution in [0, 0.1) is 5.92 Å². The Labute approximate surface area is 105 Å². The zero-order valence-corrected chi connectivity index (χ0v) is 11.0. The molecular formula is C13H26N2O2. The van der Waals surface area contributed by atoms with Crippen molar-refractivity contribution in [2.75, 3.05) is 53.1 Å². The summed E-state index contributed by atoms with van der Waals surface area (Å²) in [6.07, 6.45) is 3.91. The molecule has 0 saturated carbocycles. The fraction of sp³-hybridized carbons (Fsp3) is 1.00. The molecule has 2 aliphatic rings. The first-order chi connectivity index (χ1) is 8.40. The normalized spacial score (nSPS) is 29.5. The molecule has 2 atom stereocenters. The highest BCUT2D eigenvalue weighted by Crippen LogP contribution is 2.24. The number of hydrogen-bond donors (Lipinski definition) is 1. The maximum atomic E-state index is 5.49. The predicted octanol–water partition coefficient (Wildman–Crippen LogP) is 0.723. The third-order valence-corrected chi connectivity index (χ3v) is 3.87. The van der Waals surface area contributed by atoms with Crippen LogP contribution in [0.25, 0.3) is 0 Å². The van der Waals surface area contributed by atoms with Crippen LogP contribution >= 0.6 is 0 Å². The minimum Gasteiger partial charge on any atom is -0.382 e. The van der Waals surface area contributed by atoms with Crippen molar-refractivity contribution in [3.63, 3.8) is 0 Å². The summed E-state index contributed by atoms with van der Waals surface area (Å²) < 4.78 is 10.4. The quantitative estimate of drug-likeness (QED) is 0.667. The molecule has 2 saturated heterocycles. The summed E-state index contributed by atoms with van der Waals surface area (Å²) in [5, 5.41) is 3.64. The number of nitrogens with one attached hydrogen (secondary N) is 1. The molecule has 100 valence electrons. The van der Waals surface area contributed by atoms with Gasteiger partial charge in [-0.25, -0.2) is 0 Å². The summed E-state index contributed by atoms with van der Waals surface area (Å²) in [5.74, 6) is 0.901. The number of piperidine rings is 1. The Hall–Kier alpha value is -0.160. The molecular weight excluding hydrogens is 216 g/mol. The summed E-state index contributed by atoms with van der Waals surface area (Å²) in [7, 11) is 1.71.